The maximum absolute atomic E-state index is 12.2. The van der Waals surface area contributed by atoms with E-state index >= 15 is 0 Å². The maximum atomic E-state index is 12.2. The predicted octanol–water partition coefficient (Wildman–Crippen LogP) is 0.916. The van der Waals surface area contributed by atoms with Crippen molar-refractivity contribution in [2.75, 3.05) is 19.7 Å². The fraction of sp³-hybridized carbons (Fsp3) is 0.917. The average molecular weight is 228 g/mol. The molecule has 1 rings (SSSR count). The van der Waals surface area contributed by atoms with Crippen molar-refractivity contribution in [3.8, 4) is 0 Å². The minimum absolute atomic E-state index is 0.0994. The zero-order valence-electron chi connectivity index (χ0n) is 10.8. The maximum Gasteiger partial charge on any atom is 0.326 e. The molecule has 1 saturated heterocycles. The molecular formula is C12H24N2O2. The van der Waals surface area contributed by atoms with Crippen molar-refractivity contribution in [3.05, 3.63) is 0 Å². The van der Waals surface area contributed by atoms with E-state index in [9.17, 15) is 4.79 Å². The number of piperidine rings is 1. The van der Waals surface area contributed by atoms with Gasteiger partial charge in [-0.1, -0.05) is 6.92 Å². The summed E-state index contributed by atoms with van der Waals surface area (Å²) in [4.78, 5) is 12.2. The van der Waals surface area contributed by atoms with Crippen LogP contribution in [0, 0.1) is 5.92 Å². The summed E-state index contributed by atoms with van der Waals surface area (Å²) in [5, 5.41) is 6.73. The Morgan fingerprint density at radius 3 is 2.81 bits per heavy atom. The van der Waals surface area contributed by atoms with Gasteiger partial charge in [-0.3, -0.25) is 10.1 Å². The first kappa shape index (κ1) is 13.5. The highest BCUT2D eigenvalue weighted by Gasteiger charge is 2.46. The first-order valence-electron chi connectivity index (χ1n) is 6.18. The monoisotopic (exact) mass is 228 g/mol. The standard InChI is InChI=1S/C12H24N2O2/c1-5-16-11(15)12(14-9(2)3)6-7-13-8-10(12)4/h9-10,13-14H,5-8H2,1-4H3. The van der Waals surface area contributed by atoms with Crippen LogP contribution in [0.4, 0.5) is 0 Å². The van der Waals surface area contributed by atoms with Gasteiger partial charge in [0.2, 0.25) is 0 Å². The van der Waals surface area contributed by atoms with Crippen molar-refractivity contribution < 1.29 is 9.53 Å². The van der Waals surface area contributed by atoms with Crippen LogP contribution >= 0.6 is 0 Å². The van der Waals surface area contributed by atoms with E-state index in [1.807, 2.05) is 6.92 Å². The highest BCUT2D eigenvalue weighted by Crippen LogP contribution is 2.26. The van der Waals surface area contributed by atoms with E-state index < -0.39 is 5.54 Å². The SMILES string of the molecule is CCOC(=O)C1(NC(C)C)CCNCC1C. The summed E-state index contributed by atoms with van der Waals surface area (Å²) in [6, 6.07) is 0.282. The predicted molar refractivity (Wildman–Crippen MR) is 64.3 cm³/mol. The number of hydrogen-bond acceptors (Lipinski definition) is 4. The summed E-state index contributed by atoms with van der Waals surface area (Å²) >= 11 is 0. The van der Waals surface area contributed by atoms with Crippen LogP contribution in [0.5, 0.6) is 0 Å². The second kappa shape index (κ2) is 5.64. The Kier molecular flexibility index (Phi) is 4.74. The molecule has 16 heavy (non-hydrogen) atoms. The Balaban J connectivity index is 2.85. The summed E-state index contributed by atoms with van der Waals surface area (Å²) in [5.41, 5.74) is -0.505. The molecule has 0 amide bonds. The molecule has 94 valence electrons. The third-order valence-corrected chi connectivity index (χ3v) is 3.17. The fourth-order valence-electron chi connectivity index (χ4n) is 2.38. The van der Waals surface area contributed by atoms with Crippen LogP contribution in [-0.4, -0.2) is 37.2 Å². The highest BCUT2D eigenvalue weighted by atomic mass is 16.5. The average Bonchev–Trinajstić information content (AvgIpc) is 2.21. The Morgan fingerprint density at radius 2 is 2.31 bits per heavy atom. The Hall–Kier alpha value is -0.610. The molecule has 0 aromatic carbocycles. The minimum Gasteiger partial charge on any atom is -0.465 e. The molecule has 1 aliphatic rings. The number of carbonyl (C=O) groups is 1. The highest BCUT2D eigenvalue weighted by molar-refractivity contribution is 5.81. The van der Waals surface area contributed by atoms with Crippen LogP contribution in [0.2, 0.25) is 0 Å². The topological polar surface area (TPSA) is 50.4 Å². The van der Waals surface area contributed by atoms with E-state index in [-0.39, 0.29) is 17.9 Å². The van der Waals surface area contributed by atoms with Gasteiger partial charge in [-0.15, -0.1) is 0 Å². The molecule has 0 aliphatic carbocycles. The van der Waals surface area contributed by atoms with Crippen molar-refractivity contribution in [2.45, 2.75) is 45.7 Å². The van der Waals surface area contributed by atoms with E-state index in [4.69, 9.17) is 4.74 Å². The van der Waals surface area contributed by atoms with Crippen LogP contribution in [0.3, 0.4) is 0 Å². The van der Waals surface area contributed by atoms with Gasteiger partial charge >= 0.3 is 5.97 Å². The lowest BCUT2D eigenvalue weighted by Gasteiger charge is -2.42. The van der Waals surface area contributed by atoms with Gasteiger partial charge in [0.1, 0.15) is 5.54 Å². The zero-order chi connectivity index (χ0) is 12.2. The molecule has 1 heterocycles. The van der Waals surface area contributed by atoms with E-state index in [0.717, 1.165) is 19.5 Å². The summed E-state index contributed by atoms with van der Waals surface area (Å²) in [6.45, 7) is 10.2. The van der Waals surface area contributed by atoms with Crippen LogP contribution in [0.15, 0.2) is 0 Å². The van der Waals surface area contributed by atoms with Gasteiger partial charge in [0, 0.05) is 12.6 Å². The van der Waals surface area contributed by atoms with Crippen molar-refractivity contribution in [1.29, 1.82) is 0 Å². The lowest BCUT2D eigenvalue weighted by Crippen LogP contribution is -2.64. The molecule has 2 N–H and O–H groups in total. The summed E-state index contributed by atoms with van der Waals surface area (Å²) in [5.74, 6) is 0.153. The van der Waals surface area contributed by atoms with Gasteiger partial charge in [-0.25, -0.2) is 0 Å². The van der Waals surface area contributed by atoms with Crippen LogP contribution in [-0.2, 0) is 9.53 Å². The van der Waals surface area contributed by atoms with E-state index in [1.165, 1.54) is 0 Å². The fourth-order valence-corrected chi connectivity index (χ4v) is 2.38. The molecule has 0 saturated carbocycles. The van der Waals surface area contributed by atoms with Gasteiger partial charge in [0.15, 0.2) is 0 Å². The third-order valence-electron chi connectivity index (χ3n) is 3.17. The first-order valence-corrected chi connectivity index (χ1v) is 6.18. The third kappa shape index (κ3) is 2.74. The second-order valence-corrected chi connectivity index (χ2v) is 4.85. The molecule has 4 nitrogen and oxygen atoms in total. The first-order chi connectivity index (χ1) is 7.53. The van der Waals surface area contributed by atoms with Crippen LogP contribution < -0.4 is 10.6 Å². The van der Waals surface area contributed by atoms with Gasteiger partial charge in [-0.2, -0.15) is 0 Å². The molecule has 2 unspecified atom stereocenters. The molecule has 0 aromatic heterocycles. The molecule has 0 aromatic rings. The molecule has 1 aliphatic heterocycles. The largest absolute Gasteiger partial charge is 0.465 e. The smallest absolute Gasteiger partial charge is 0.326 e. The van der Waals surface area contributed by atoms with E-state index in [0.29, 0.717) is 6.61 Å². The summed E-state index contributed by atoms with van der Waals surface area (Å²) < 4.78 is 5.23. The molecule has 2 atom stereocenters. The van der Waals surface area contributed by atoms with Crippen molar-refractivity contribution in [2.24, 2.45) is 5.92 Å². The number of nitrogens with one attached hydrogen (secondary N) is 2. The molecular weight excluding hydrogens is 204 g/mol. The number of ether oxygens (including phenoxy) is 1. The number of hydrogen-bond donors (Lipinski definition) is 2. The van der Waals surface area contributed by atoms with Gasteiger partial charge < -0.3 is 10.1 Å². The van der Waals surface area contributed by atoms with E-state index in [1.54, 1.807) is 0 Å². The quantitative estimate of drug-likeness (QED) is 0.702. The summed E-state index contributed by atoms with van der Waals surface area (Å²) in [6.07, 6.45) is 0.797. The summed E-state index contributed by atoms with van der Waals surface area (Å²) in [7, 11) is 0. The minimum atomic E-state index is -0.505. The molecule has 0 bridgehead atoms. The lowest BCUT2D eigenvalue weighted by atomic mass is 9.79. The van der Waals surface area contributed by atoms with Gasteiger partial charge in [0.05, 0.1) is 6.61 Å². The van der Waals surface area contributed by atoms with Crippen LogP contribution in [0.1, 0.15) is 34.1 Å². The molecule has 0 radical (unpaired) electrons. The molecule has 0 spiro atoms. The number of rotatable bonds is 4. The molecule has 4 heteroatoms. The van der Waals surface area contributed by atoms with Crippen molar-refractivity contribution in [3.63, 3.8) is 0 Å². The molecule has 1 fully saturated rings. The van der Waals surface area contributed by atoms with Gasteiger partial charge in [0.25, 0.3) is 0 Å². The van der Waals surface area contributed by atoms with Crippen LogP contribution in [0.25, 0.3) is 0 Å². The normalized spacial score (nSPS) is 30.4. The Bertz CT molecular complexity index is 243. The number of carbonyl (C=O) groups excluding carboxylic acids is 1. The Morgan fingerprint density at radius 1 is 1.62 bits per heavy atom. The number of esters is 1. The van der Waals surface area contributed by atoms with Crippen molar-refractivity contribution in [1.82, 2.24) is 10.6 Å². The van der Waals surface area contributed by atoms with Gasteiger partial charge in [-0.05, 0) is 39.7 Å². The van der Waals surface area contributed by atoms with Crippen molar-refractivity contribution >= 4 is 5.97 Å². The zero-order valence-corrected chi connectivity index (χ0v) is 10.8. The Labute approximate surface area is 98.1 Å². The van der Waals surface area contributed by atoms with E-state index in [2.05, 4.69) is 31.4 Å². The second-order valence-electron chi connectivity index (χ2n) is 4.85. The lowest BCUT2D eigenvalue weighted by molar-refractivity contribution is -0.155.